The molecule has 0 bridgehead atoms. The first-order valence-electron chi connectivity index (χ1n) is 7.83. The van der Waals surface area contributed by atoms with Gasteiger partial charge in [-0.1, -0.05) is 25.1 Å². The van der Waals surface area contributed by atoms with Crippen molar-refractivity contribution in [2.75, 3.05) is 12.4 Å². The lowest BCUT2D eigenvalue weighted by molar-refractivity contribution is -0.140. The Morgan fingerprint density at radius 2 is 2.38 bits per heavy atom. The van der Waals surface area contributed by atoms with Gasteiger partial charge in [0.15, 0.2) is 0 Å². The number of unbranched alkanes of at least 4 members (excludes halogenated alkanes) is 1. The number of hydrogen-bond donors (Lipinski definition) is 1. The van der Waals surface area contributed by atoms with Crippen molar-refractivity contribution >= 4 is 35.0 Å². The summed E-state index contributed by atoms with van der Waals surface area (Å²) in [4.78, 5) is 24.8. The van der Waals surface area contributed by atoms with Gasteiger partial charge in [0.2, 0.25) is 5.91 Å². The number of esters is 1. The molecular weight excluding hydrogens is 344 g/mol. The van der Waals surface area contributed by atoms with E-state index in [1.165, 1.54) is 0 Å². The van der Waals surface area contributed by atoms with Gasteiger partial charge in [-0.05, 0) is 30.4 Å². The average molecular weight is 364 g/mol. The molecule has 1 aliphatic rings. The van der Waals surface area contributed by atoms with Crippen LogP contribution in [0.25, 0.3) is 0 Å². The highest BCUT2D eigenvalue weighted by Crippen LogP contribution is 2.39. The molecule has 1 aliphatic heterocycles. The first kappa shape index (κ1) is 18.6. The molecule has 5 nitrogen and oxygen atoms in total. The van der Waals surface area contributed by atoms with E-state index in [-0.39, 0.29) is 30.0 Å². The molecule has 0 aromatic carbocycles. The zero-order chi connectivity index (χ0) is 17.5. The number of nitrogens with one attached hydrogen (secondary N) is 1. The van der Waals surface area contributed by atoms with Crippen molar-refractivity contribution in [3.8, 4) is 6.07 Å². The SMILES string of the molecule is CCCCOC(=O)CSC1=C(C#N)[C@@H](c2sccc2C)CC(=O)N1. The number of ether oxygens (including phenoxy) is 1. The van der Waals surface area contributed by atoms with Crippen molar-refractivity contribution in [1.29, 1.82) is 5.26 Å². The first-order chi connectivity index (χ1) is 11.6. The molecule has 0 fully saturated rings. The predicted molar refractivity (Wildman–Crippen MR) is 95.5 cm³/mol. The van der Waals surface area contributed by atoms with Crippen LogP contribution in [0.5, 0.6) is 0 Å². The Bertz CT molecular complexity index is 688. The van der Waals surface area contributed by atoms with Gasteiger partial charge in [-0.15, -0.1) is 11.3 Å². The maximum atomic E-state index is 12.0. The van der Waals surface area contributed by atoms with Crippen molar-refractivity contribution in [3.63, 3.8) is 0 Å². The molecule has 2 heterocycles. The summed E-state index contributed by atoms with van der Waals surface area (Å²) in [5, 5.41) is 14.7. The molecule has 2 rings (SSSR count). The molecule has 0 radical (unpaired) electrons. The molecule has 1 amide bonds. The van der Waals surface area contributed by atoms with Crippen LogP contribution in [-0.4, -0.2) is 24.2 Å². The molecule has 0 spiro atoms. The number of amides is 1. The number of rotatable bonds is 7. The number of nitrogens with zero attached hydrogens (tertiary/aromatic N) is 1. The summed E-state index contributed by atoms with van der Waals surface area (Å²) < 4.78 is 5.11. The summed E-state index contributed by atoms with van der Waals surface area (Å²) in [6, 6.07) is 4.20. The number of hydrogen-bond acceptors (Lipinski definition) is 6. The van der Waals surface area contributed by atoms with Crippen LogP contribution in [-0.2, 0) is 14.3 Å². The smallest absolute Gasteiger partial charge is 0.316 e. The molecule has 1 N–H and O–H groups in total. The molecule has 1 aromatic heterocycles. The van der Waals surface area contributed by atoms with E-state index in [0.717, 1.165) is 35.0 Å². The van der Waals surface area contributed by atoms with E-state index in [4.69, 9.17) is 4.74 Å². The van der Waals surface area contributed by atoms with Gasteiger partial charge in [0.25, 0.3) is 0 Å². The van der Waals surface area contributed by atoms with E-state index < -0.39 is 0 Å². The van der Waals surface area contributed by atoms with Crippen molar-refractivity contribution in [1.82, 2.24) is 5.32 Å². The van der Waals surface area contributed by atoms with Crippen LogP contribution in [0.15, 0.2) is 22.0 Å². The van der Waals surface area contributed by atoms with Gasteiger partial charge < -0.3 is 10.1 Å². The van der Waals surface area contributed by atoms with Gasteiger partial charge in [-0.25, -0.2) is 0 Å². The highest BCUT2D eigenvalue weighted by Gasteiger charge is 2.31. The van der Waals surface area contributed by atoms with E-state index >= 15 is 0 Å². The summed E-state index contributed by atoms with van der Waals surface area (Å²) >= 11 is 2.71. The zero-order valence-electron chi connectivity index (χ0n) is 13.8. The second-order valence-corrected chi connectivity index (χ2v) is 7.42. The first-order valence-corrected chi connectivity index (χ1v) is 9.69. The Morgan fingerprint density at radius 1 is 1.58 bits per heavy atom. The van der Waals surface area contributed by atoms with Gasteiger partial charge in [0, 0.05) is 17.2 Å². The Morgan fingerprint density at radius 3 is 3.00 bits per heavy atom. The van der Waals surface area contributed by atoms with E-state index in [1.54, 1.807) is 11.3 Å². The summed E-state index contributed by atoms with van der Waals surface area (Å²) in [7, 11) is 0. The van der Waals surface area contributed by atoms with Crippen LogP contribution < -0.4 is 5.32 Å². The number of carbonyl (C=O) groups excluding carboxylic acids is 2. The van der Waals surface area contributed by atoms with E-state index in [9.17, 15) is 14.9 Å². The Labute approximate surface area is 150 Å². The minimum absolute atomic E-state index is 0.0840. The van der Waals surface area contributed by atoms with Gasteiger partial charge in [-0.2, -0.15) is 5.26 Å². The van der Waals surface area contributed by atoms with Crippen LogP contribution in [0.2, 0.25) is 0 Å². The van der Waals surface area contributed by atoms with E-state index in [2.05, 4.69) is 11.4 Å². The summed E-state index contributed by atoms with van der Waals surface area (Å²) in [6.07, 6.45) is 2.05. The van der Waals surface area contributed by atoms with Gasteiger partial charge in [0.05, 0.1) is 29.0 Å². The Balaban J connectivity index is 2.12. The number of thioether (sulfide) groups is 1. The third-order valence-corrected chi connectivity index (χ3v) is 5.79. The van der Waals surface area contributed by atoms with Gasteiger partial charge in [0.1, 0.15) is 0 Å². The van der Waals surface area contributed by atoms with Crippen LogP contribution in [0, 0.1) is 18.3 Å². The fourth-order valence-electron chi connectivity index (χ4n) is 2.40. The van der Waals surface area contributed by atoms with Crippen molar-refractivity contribution in [3.05, 3.63) is 32.5 Å². The van der Waals surface area contributed by atoms with Crippen LogP contribution in [0.1, 0.15) is 42.5 Å². The lowest BCUT2D eigenvalue weighted by Crippen LogP contribution is -2.31. The number of nitriles is 1. The monoisotopic (exact) mass is 364 g/mol. The lowest BCUT2D eigenvalue weighted by atomic mass is 9.91. The highest BCUT2D eigenvalue weighted by molar-refractivity contribution is 8.03. The van der Waals surface area contributed by atoms with E-state index in [1.807, 2.05) is 25.3 Å². The summed E-state index contributed by atoms with van der Waals surface area (Å²) in [5.41, 5.74) is 1.60. The number of thiophene rings is 1. The molecule has 1 aromatic rings. The summed E-state index contributed by atoms with van der Waals surface area (Å²) in [6.45, 7) is 4.41. The number of allylic oxidation sites excluding steroid dienone is 1. The van der Waals surface area contributed by atoms with Crippen molar-refractivity contribution in [2.45, 2.75) is 39.0 Å². The normalized spacial score (nSPS) is 17.4. The molecule has 1 atom stereocenters. The molecule has 0 saturated heterocycles. The molecule has 0 aliphatic carbocycles. The zero-order valence-corrected chi connectivity index (χ0v) is 15.4. The second kappa shape index (κ2) is 8.90. The molecule has 128 valence electrons. The topological polar surface area (TPSA) is 79.2 Å². The fourth-order valence-corrected chi connectivity index (χ4v) is 4.31. The quantitative estimate of drug-likeness (QED) is 0.592. The minimum atomic E-state index is -0.332. The highest BCUT2D eigenvalue weighted by atomic mass is 32.2. The average Bonchev–Trinajstić information content (AvgIpc) is 2.98. The van der Waals surface area contributed by atoms with Gasteiger partial charge in [-0.3, -0.25) is 9.59 Å². The predicted octanol–water partition coefficient (Wildman–Crippen LogP) is 3.47. The fraction of sp³-hybridized carbons (Fsp3) is 0.471. The largest absolute Gasteiger partial charge is 0.465 e. The molecule has 7 heteroatoms. The van der Waals surface area contributed by atoms with Gasteiger partial charge >= 0.3 is 5.97 Å². The van der Waals surface area contributed by atoms with Crippen LogP contribution in [0.3, 0.4) is 0 Å². The maximum absolute atomic E-state index is 12.0. The number of carbonyl (C=O) groups is 2. The Hall–Kier alpha value is -1.78. The van der Waals surface area contributed by atoms with Crippen molar-refractivity contribution in [2.24, 2.45) is 0 Å². The standard InChI is InChI=1S/C17H20N2O3S2/c1-3-4-6-22-15(21)10-24-17-13(9-18)12(8-14(20)19-17)16-11(2)5-7-23-16/h5,7,12H,3-4,6,8,10H2,1-2H3,(H,19,20)/t12-/m0/s1. The van der Waals surface area contributed by atoms with Crippen LogP contribution in [0.4, 0.5) is 0 Å². The Kier molecular flexibility index (Phi) is 6.88. The molecule has 0 saturated carbocycles. The lowest BCUT2D eigenvalue weighted by Gasteiger charge is -2.24. The van der Waals surface area contributed by atoms with E-state index in [0.29, 0.717) is 17.2 Å². The maximum Gasteiger partial charge on any atom is 0.316 e. The van der Waals surface area contributed by atoms with Crippen molar-refractivity contribution < 1.29 is 14.3 Å². The second-order valence-electron chi connectivity index (χ2n) is 5.49. The minimum Gasteiger partial charge on any atom is -0.465 e. The third-order valence-electron chi connectivity index (χ3n) is 3.67. The molecule has 0 unspecified atom stereocenters. The third kappa shape index (κ3) is 4.62. The molecule has 24 heavy (non-hydrogen) atoms. The summed E-state index contributed by atoms with van der Waals surface area (Å²) in [5.74, 6) is -0.612. The van der Waals surface area contributed by atoms with Crippen LogP contribution >= 0.6 is 23.1 Å². The number of aryl methyl sites for hydroxylation is 1. The molecular formula is C17H20N2O3S2.